The minimum Gasteiger partial charge on any atom is -0.482 e. The van der Waals surface area contributed by atoms with E-state index >= 15 is 0 Å². The van der Waals surface area contributed by atoms with Gasteiger partial charge in [0.2, 0.25) is 5.91 Å². The Balaban J connectivity index is 1.57. The molecule has 0 atom stereocenters. The van der Waals surface area contributed by atoms with Crippen molar-refractivity contribution >= 4 is 34.0 Å². The quantitative estimate of drug-likeness (QED) is 0.801. The van der Waals surface area contributed by atoms with E-state index in [1.165, 1.54) is 4.90 Å². The lowest BCUT2D eigenvalue weighted by Gasteiger charge is -2.28. The number of carbonyl (C=O) groups excluding carboxylic acids is 2. The molecule has 1 aliphatic heterocycles. The Hall–Kier alpha value is -3.34. The normalized spacial score (nSPS) is 13.3. The van der Waals surface area contributed by atoms with E-state index in [-0.39, 0.29) is 25.0 Å². The maximum atomic E-state index is 12.5. The minimum atomic E-state index is -0.249. The van der Waals surface area contributed by atoms with Crippen molar-refractivity contribution in [2.45, 2.75) is 0 Å². The number of hydrogen-bond acceptors (Lipinski definition) is 3. The molecule has 0 aromatic heterocycles. The van der Waals surface area contributed by atoms with Crippen LogP contribution >= 0.6 is 0 Å². The molecule has 1 aliphatic rings. The van der Waals surface area contributed by atoms with Gasteiger partial charge in [-0.2, -0.15) is 0 Å². The molecule has 3 aromatic rings. The van der Waals surface area contributed by atoms with Crippen LogP contribution in [0.15, 0.2) is 66.7 Å². The number of amides is 2. The topological polar surface area (TPSA) is 58.6 Å². The van der Waals surface area contributed by atoms with Crippen molar-refractivity contribution in [3.8, 4) is 5.75 Å². The van der Waals surface area contributed by atoms with Crippen LogP contribution in [0.5, 0.6) is 5.75 Å². The maximum absolute atomic E-state index is 12.5. The fourth-order valence-electron chi connectivity index (χ4n) is 3.00. The maximum Gasteiger partial charge on any atom is 0.265 e. The number of hydrogen-bond donors (Lipinski definition) is 1. The van der Waals surface area contributed by atoms with Crippen molar-refractivity contribution in [1.29, 1.82) is 0 Å². The second-order valence-electron chi connectivity index (χ2n) is 5.81. The third-order valence-electron chi connectivity index (χ3n) is 4.17. The molecule has 0 unspecified atom stereocenters. The summed E-state index contributed by atoms with van der Waals surface area (Å²) in [5, 5.41) is 4.92. The molecular weight excluding hydrogens is 316 g/mol. The Labute approximate surface area is 144 Å². The molecule has 0 bridgehead atoms. The van der Waals surface area contributed by atoms with E-state index in [2.05, 4.69) is 5.32 Å². The lowest BCUT2D eigenvalue weighted by molar-refractivity contribution is -0.123. The Kier molecular flexibility index (Phi) is 3.82. The minimum absolute atomic E-state index is 0.0531. The highest BCUT2D eigenvalue weighted by molar-refractivity contribution is 6.07. The summed E-state index contributed by atoms with van der Waals surface area (Å²) in [6.07, 6.45) is 0. The number of nitrogens with zero attached hydrogens (tertiary/aromatic N) is 1. The lowest BCUT2D eigenvalue weighted by Crippen LogP contribution is -2.43. The number of fused-ring (bicyclic) bond motifs is 2. The molecule has 0 saturated heterocycles. The zero-order valence-electron chi connectivity index (χ0n) is 13.4. The van der Waals surface area contributed by atoms with Crippen LogP contribution in [0, 0.1) is 0 Å². The first kappa shape index (κ1) is 15.2. The Bertz CT molecular complexity index is 963. The molecular formula is C20H16N2O3. The Morgan fingerprint density at radius 2 is 1.76 bits per heavy atom. The average molecular weight is 332 g/mol. The molecule has 25 heavy (non-hydrogen) atoms. The van der Waals surface area contributed by atoms with Gasteiger partial charge in [0, 0.05) is 11.1 Å². The van der Waals surface area contributed by atoms with E-state index in [0.29, 0.717) is 11.4 Å². The lowest BCUT2D eigenvalue weighted by atomic mass is 10.1. The highest BCUT2D eigenvalue weighted by Gasteiger charge is 2.27. The van der Waals surface area contributed by atoms with Gasteiger partial charge in [0.05, 0.1) is 5.69 Å². The van der Waals surface area contributed by atoms with Crippen LogP contribution in [0.25, 0.3) is 10.8 Å². The molecule has 0 saturated carbocycles. The number of benzene rings is 3. The van der Waals surface area contributed by atoms with Gasteiger partial charge in [-0.05, 0) is 23.6 Å². The largest absolute Gasteiger partial charge is 0.482 e. The first-order valence-electron chi connectivity index (χ1n) is 8.02. The van der Waals surface area contributed by atoms with Gasteiger partial charge in [0.1, 0.15) is 12.3 Å². The highest BCUT2D eigenvalue weighted by atomic mass is 16.5. The molecule has 0 aliphatic carbocycles. The van der Waals surface area contributed by atoms with E-state index < -0.39 is 0 Å². The summed E-state index contributed by atoms with van der Waals surface area (Å²) in [6, 6.07) is 20.8. The molecule has 0 radical (unpaired) electrons. The monoisotopic (exact) mass is 332 g/mol. The predicted octanol–water partition coefficient (Wildman–Crippen LogP) is 3.20. The van der Waals surface area contributed by atoms with Crippen LogP contribution in [0.3, 0.4) is 0 Å². The van der Waals surface area contributed by atoms with Crippen LogP contribution in [-0.4, -0.2) is 25.0 Å². The third kappa shape index (κ3) is 2.92. The molecule has 2 amide bonds. The van der Waals surface area contributed by atoms with Crippen molar-refractivity contribution in [2.75, 3.05) is 23.4 Å². The second kappa shape index (κ2) is 6.28. The van der Waals surface area contributed by atoms with Crippen molar-refractivity contribution < 1.29 is 14.3 Å². The van der Waals surface area contributed by atoms with Crippen LogP contribution in [0.2, 0.25) is 0 Å². The summed E-state index contributed by atoms with van der Waals surface area (Å²) in [6.45, 7) is -0.110. The molecule has 124 valence electrons. The van der Waals surface area contributed by atoms with E-state index in [0.717, 1.165) is 16.5 Å². The average Bonchev–Trinajstić information content (AvgIpc) is 2.64. The molecule has 5 heteroatoms. The summed E-state index contributed by atoms with van der Waals surface area (Å²) in [5.41, 5.74) is 1.35. The number of rotatable bonds is 3. The summed E-state index contributed by atoms with van der Waals surface area (Å²) in [5.74, 6) is 0.133. The van der Waals surface area contributed by atoms with Crippen molar-refractivity contribution in [3.63, 3.8) is 0 Å². The fraction of sp³-hybridized carbons (Fsp3) is 0.100. The van der Waals surface area contributed by atoms with Crippen LogP contribution in [0.1, 0.15) is 0 Å². The van der Waals surface area contributed by atoms with Crippen molar-refractivity contribution in [2.24, 2.45) is 0 Å². The van der Waals surface area contributed by atoms with Crippen molar-refractivity contribution in [1.82, 2.24) is 0 Å². The predicted molar refractivity (Wildman–Crippen MR) is 96.9 cm³/mol. The van der Waals surface area contributed by atoms with E-state index in [4.69, 9.17) is 4.74 Å². The number of nitrogens with one attached hydrogen (secondary N) is 1. The summed E-state index contributed by atoms with van der Waals surface area (Å²) >= 11 is 0. The number of anilines is 2. The number of carbonyl (C=O) groups is 2. The van der Waals surface area contributed by atoms with Gasteiger partial charge in [-0.15, -0.1) is 0 Å². The Morgan fingerprint density at radius 1 is 1.00 bits per heavy atom. The summed E-state index contributed by atoms with van der Waals surface area (Å²) in [4.78, 5) is 26.2. The van der Waals surface area contributed by atoms with Gasteiger partial charge in [0.25, 0.3) is 5.91 Å². The summed E-state index contributed by atoms with van der Waals surface area (Å²) < 4.78 is 5.40. The zero-order chi connectivity index (χ0) is 17.2. The van der Waals surface area contributed by atoms with E-state index in [1.54, 1.807) is 12.1 Å². The Morgan fingerprint density at radius 3 is 2.68 bits per heavy atom. The fourth-order valence-corrected chi connectivity index (χ4v) is 3.00. The molecule has 1 heterocycles. The van der Waals surface area contributed by atoms with Crippen molar-refractivity contribution in [3.05, 3.63) is 66.7 Å². The van der Waals surface area contributed by atoms with Gasteiger partial charge in [0.15, 0.2) is 6.61 Å². The van der Waals surface area contributed by atoms with Crippen LogP contribution in [-0.2, 0) is 9.59 Å². The smallest absolute Gasteiger partial charge is 0.265 e. The highest BCUT2D eigenvalue weighted by Crippen LogP contribution is 2.31. The molecule has 4 rings (SSSR count). The zero-order valence-corrected chi connectivity index (χ0v) is 13.4. The van der Waals surface area contributed by atoms with E-state index in [9.17, 15) is 9.59 Å². The van der Waals surface area contributed by atoms with Crippen LogP contribution < -0.4 is 15.0 Å². The van der Waals surface area contributed by atoms with Gasteiger partial charge in [-0.3, -0.25) is 14.5 Å². The number of ether oxygens (including phenoxy) is 1. The first-order chi connectivity index (χ1) is 12.2. The number of para-hydroxylation sites is 2. The first-order valence-corrected chi connectivity index (χ1v) is 8.02. The summed E-state index contributed by atoms with van der Waals surface area (Å²) in [7, 11) is 0. The molecule has 0 spiro atoms. The third-order valence-corrected chi connectivity index (χ3v) is 4.17. The molecule has 0 fully saturated rings. The van der Waals surface area contributed by atoms with E-state index in [1.807, 2.05) is 54.6 Å². The van der Waals surface area contributed by atoms with Gasteiger partial charge >= 0.3 is 0 Å². The molecule has 1 N–H and O–H groups in total. The van der Waals surface area contributed by atoms with Crippen LogP contribution in [0.4, 0.5) is 11.4 Å². The van der Waals surface area contributed by atoms with Gasteiger partial charge < -0.3 is 10.1 Å². The SMILES string of the molecule is O=C(CN1C(=O)COc2ccccc21)Nc1cccc2ccccc12. The molecule has 3 aromatic carbocycles. The van der Waals surface area contributed by atoms with Gasteiger partial charge in [-0.25, -0.2) is 0 Å². The van der Waals surface area contributed by atoms with Gasteiger partial charge in [-0.1, -0.05) is 48.5 Å². The standard InChI is InChI=1S/C20H16N2O3/c23-19(21-16-9-5-7-14-6-1-2-8-15(14)16)12-22-17-10-3-4-11-18(17)25-13-20(22)24/h1-11H,12-13H2,(H,21,23). The molecule has 5 nitrogen and oxygen atoms in total. The second-order valence-corrected chi connectivity index (χ2v) is 5.81.